The molecule has 0 unspecified atom stereocenters. The lowest BCUT2D eigenvalue weighted by atomic mass is 10.1. The van der Waals surface area contributed by atoms with Gasteiger partial charge < -0.3 is 15.2 Å². The number of nitrogens with one attached hydrogen (secondary N) is 2. The van der Waals surface area contributed by atoms with Gasteiger partial charge in [-0.15, -0.1) is 0 Å². The molecule has 0 saturated carbocycles. The molecule has 0 radical (unpaired) electrons. The topological polar surface area (TPSA) is 54.2 Å². The summed E-state index contributed by atoms with van der Waals surface area (Å²) in [7, 11) is 1.89. The van der Waals surface area contributed by atoms with Crippen molar-refractivity contribution in [1.82, 2.24) is 20.2 Å². The Morgan fingerprint density at radius 3 is 2.73 bits per heavy atom. The maximum absolute atomic E-state index is 6.12. The third-order valence-electron chi connectivity index (χ3n) is 4.12. The summed E-state index contributed by atoms with van der Waals surface area (Å²) >= 11 is 12.2. The number of halogens is 2. The third-order valence-corrected chi connectivity index (χ3v) is 4.96. The van der Waals surface area contributed by atoms with Crippen molar-refractivity contribution in [3.05, 3.63) is 64.0 Å². The molecule has 0 atom stereocenters. The quantitative estimate of drug-likeness (QED) is 0.509. The normalized spacial score (nSPS) is 11.8. The van der Waals surface area contributed by atoms with Crippen molar-refractivity contribution in [3.8, 4) is 0 Å². The Bertz CT molecular complexity index is 928. The molecule has 0 aliphatic rings. The van der Waals surface area contributed by atoms with E-state index < -0.39 is 0 Å². The fourth-order valence-electron chi connectivity index (χ4n) is 2.73. The summed E-state index contributed by atoms with van der Waals surface area (Å²) in [5.41, 5.74) is 3.05. The van der Waals surface area contributed by atoms with Crippen LogP contribution >= 0.6 is 23.2 Å². The minimum Gasteiger partial charge on any atom is -0.357 e. The summed E-state index contributed by atoms with van der Waals surface area (Å²) < 4.78 is 1.86. The van der Waals surface area contributed by atoms with Crippen LogP contribution in [-0.4, -0.2) is 22.1 Å². The van der Waals surface area contributed by atoms with Crippen molar-refractivity contribution in [2.45, 2.75) is 20.0 Å². The van der Waals surface area contributed by atoms with E-state index in [9.17, 15) is 0 Å². The molecule has 3 aromatic rings. The number of para-hydroxylation sites is 1. The van der Waals surface area contributed by atoms with E-state index >= 15 is 0 Å². The molecular weight excluding hydrogens is 369 g/mol. The van der Waals surface area contributed by atoms with E-state index in [1.165, 1.54) is 0 Å². The highest BCUT2D eigenvalue weighted by Gasteiger charge is 2.09. The van der Waals surface area contributed by atoms with Crippen molar-refractivity contribution < 1.29 is 0 Å². The van der Waals surface area contributed by atoms with E-state index in [0.29, 0.717) is 23.3 Å². The van der Waals surface area contributed by atoms with Crippen LogP contribution in [0.5, 0.6) is 0 Å². The molecule has 0 aliphatic carbocycles. The first-order valence-electron chi connectivity index (χ1n) is 8.44. The van der Waals surface area contributed by atoms with E-state index in [1.54, 1.807) is 0 Å². The number of aromatic nitrogens is 2. The third kappa shape index (κ3) is 4.11. The lowest BCUT2D eigenvalue weighted by molar-refractivity contribution is 0.752. The van der Waals surface area contributed by atoms with Crippen LogP contribution < -0.4 is 10.6 Å². The van der Waals surface area contributed by atoms with Crippen molar-refractivity contribution >= 4 is 40.1 Å². The highest BCUT2D eigenvalue weighted by atomic mass is 35.5. The molecule has 2 heterocycles. The number of rotatable bonds is 5. The average molecular weight is 390 g/mol. The van der Waals surface area contributed by atoms with E-state index in [2.05, 4.69) is 38.8 Å². The van der Waals surface area contributed by atoms with Gasteiger partial charge in [0, 0.05) is 30.9 Å². The van der Waals surface area contributed by atoms with Gasteiger partial charge in [0.15, 0.2) is 5.96 Å². The summed E-state index contributed by atoms with van der Waals surface area (Å²) in [4.78, 5) is 9.17. The van der Waals surface area contributed by atoms with Crippen molar-refractivity contribution in [2.24, 2.45) is 12.0 Å². The summed E-state index contributed by atoms with van der Waals surface area (Å²) in [5.74, 6) is 0.730. The number of aliphatic imine (C=N–C) groups is 1. The maximum Gasteiger partial charge on any atom is 0.191 e. The lowest BCUT2D eigenvalue weighted by Gasteiger charge is -2.12. The number of pyridine rings is 1. The Morgan fingerprint density at radius 1 is 1.19 bits per heavy atom. The predicted octanol–water partition coefficient (Wildman–Crippen LogP) is 4.14. The van der Waals surface area contributed by atoms with Gasteiger partial charge in [0.25, 0.3) is 0 Å². The van der Waals surface area contributed by atoms with Gasteiger partial charge in [-0.25, -0.2) is 4.99 Å². The second-order valence-electron chi connectivity index (χ2n) is 5.87. The Morgan fingerprint density at radius 2 is 2.00 bits per heavy atom. The molecule has 2 aromatic heterocycles. The van der Waals surface area contributed by atoms with Crippen LogP contribution in [-0.2, 0) is 20.1 Å². The molecule has 0 saturated heterocycles. The second kappa shape index (κ2) is 8.43. The Hall–Kier alpha value is -2.24. The number of nitrogens with zero attached hydrogens (tertiary/aromatic N) is 3. The van der Waals surface area contributed by atoms with Gasteiger partial charge in [0.1, 0.15) is 5.15 Å². The largest absolute Gasteiger partial charge is 0.357 e. The molecule has 0 amide bonds. The first kappa shape index (κ1) is 18.5. The van der Waals surface area contributed by atoms with Gasteiger partial charge in [-0.2, -0.15) is 0 Å². The fourth-order valence-corrected chi connectivity index (χ4v) is 3.15. The molecular formula is C19H21Cl2N5. The van der Waals surface area contributed by atoms with Gasteiger partial charge in [0.2, 0.25) is 0 Å². The monoisotopic (exact) mass is 389 g/mol. The molecule has 0 bridgehead atoms. The number of benzene rings is 1. The van der Waals surface area contributed by atoms with E-state index in [-0.39, 0.29) is 0 Å². The fraction of sp³-hybridized carbons (Fsp3) is 0.263. The highest BCUT2D eigenvalue weighted by Crippen LogP contribution is 2.25. The standard InChI is InChI=1S/C19H21Cl2N5/c1-3-22-19(25-12-15-10-16(20)18(21)26(15)2)24-11-14-7-4-6-13-8-5-9-23-17(13)14/h4-10H,3,11-12H2,1-2H3,(H2,22,24,25). The van der Waals surface area contributed by atoms with Crippen LogP contribution in [0.3, 0.4) is 0 Å². The SMILES string of the molecule is CCNC(=NCc1cccc2cccnc12)NCc1cc(Cl)c(Cl)n1C. The average Bonchev–Trinajstić information content (AvgIpc) is 2.91. The number of hydrogen-bond acceptors (Lipinski definition) is 2. The van der Waals surface area contributed by atoms with E-state index in [0.717, 1.165) is 34.7 Å². The molecule has 0 spiro atoms. The first-order chi connectivity index (χ1) is 12.6. The van der Waals surface area contributed by atoms with E-state index in [4.69, 9.17) is 23.2 Å². The van der Waals surface area contributed by atoms with Gasteiger partial charge in [-0.1, -0.05) is 47.5 Å². The summed E-state index contributed by atoms with van der Waals surface area (Å²) in [5, 5.41) is 8.77. The lowest BCUT2D eigenvalue weighted by Crippen LogP contribution is -2.37. The molecule has 3 rings (SSSR count). The molecule has 1 aromatic carbocycles. The van der Waals surface area contributed by atoms with Gasteiger partial charge in [-0.3, -0.25) is 4.98 Å². The van der Waals surface area contributed by atoms with Crippen molar-refractivity contribution in [3.63, 3.8) is 0 Å². The summed E-state index contributed by atoms with van der Waals surface area (Å²) in [6.07, 6.45) is 1.81. The minimum atomic E-state index is 0.534. The number of fused-ring (bicyclic) bond motifs is 1. The Labute approximate surface area is 163 Å². The van der Waals surface area contributed by atoms with Crippen LogP contribution in [0.15, 0.2) is 47.6 Å². The molecule has 0 aliphatic heterocycles. The molecule has 26 heavy (non-hydrogen) atoms. The van der Waals surface area contributed by atoms with Crippen LogP contribution in [0.4, 0.5) is 0 Å². The maximum atomic E-state index is 6.12. The summed E-state index contributed by atoms with van der Waals surface area (Å²) in [6, 6.07) is 12.0. The highest BCUT2D eigenvalue weighted by molar-refractivity contribution is 6.41. The van der Waals surface area contributed by atoms with Crippen LogP contribution in [0.25, 0.3) is 10.9 Å². The van der Waals surface area contributed by atoms with Gasteiger partial charge >= 0.3 is 0 Å². The predicted molar refractivity (Wildman–Crippen MR) is 109 cm³/mol. The zero-order valence-electron chi connectivity index (χ0n) is 14.8. The number of hydrogen-bond donors (Lipinski definition) is 2. The van der Waals surface area contributed by atoms with Gasteiger partial charge in [-0.05, 0) is 24.6 Å². The summed E-state index contributed by atoms with van der Waals surface area (Å²) in [6.45, 7) is 3.92. The Balaban J connectivity index is 1.75. The van der Waals surface area contributed by atoms with Gasteiger partial charge in [0.05, 0.1) is 23.6 Å². The van der Waals surface area contributed by atoms with Crippen molar-refractivity contribution in [1.29, 1.82) is 0 Å². The zero-order chi connectivity index (χ0) is 18.5. The van der Waals surface area contributed by atoms with Crippen LogP contribution in [0.2, 0.25) is 10.2 Å². The van der Waals surface area contributed by atoms with E-state index in [1.807, 2.05) is 42.9 Å². The molecule has 7 heteroatoms. The molecule has 5 nitrogen and oxygen atoms in total. The second-order valence-corrected chi connectivity index (χ2v) is 6.64. The van der Waals surface area contributed by atoms with Crippen LogP contribution in [0.1, 0.15) is 18.2 Å². The smallest absolute Gasteiger partial charge is 0.191 e. The molecule has 2 N–H and O–H groups in total. The minimum absolute atomic E-state index is 0.534. The first-order valence-corrected chi connectivity index (χ1v) is 9.20. The zero-order valence-corrected chi connectivity index (χ0v) is 16.3. The molecule has 0 fully saturated rings. The van der Waals surface area contributed by atoms with Crippen molar-refractivity contribution in [2.75, 3.05) is 6.54 Å². The number of guanidine groups is 1. The van der Waals surface area contributed by atoms with Crippen LogP contribution in [0, 0.1) is 0 Å². The Kier molecular flexibility index (Phi) is 6.01. The molecule has 136 valence electrons.